The number of sulfonamides is 1. The van der Waals surface area contributed by atoms with Gasteiger partial charge in [0.2, 0.25) is 15.9 Å². The number of hydrogen-bond donors (Lipinski definition) is 3. The van der Waals surface area contributed by atoms with Crippen molar-refractivity contribution in [2.75, 3.05) is 25.5 Å². The van der Waals surface area contributed by atoms with Crippen molar-refractivity contribution in [3.63, 3.8) is 0 Å². The quantitative estimate of drug-likeness (QED) is 0.541. The number of primary amides is 1. The van der Waals surface area contributed by atoms with E-state index in [0.29, 0.717) is 18.8 Å². The number of methoxy groups -OCH3 is 1. The molecule has 2 aromatic rings. The van der Waals surface area contributed by atoms with Gasteiger partial charge < -0.3 is 21.1 Å². The Bertz CT molecular complexity index is 1110. The van der Waals surface area contributed by atoms with E-state index in [1.54, 1.807) is 12.1 Å². The van der Waals surface area contributed by atoms with E-state index in [-0.39, 0.29) is 17.1 Å². The average Bonchev–Trinajstić information content (AvgIpc) is 2.79. The molecule has 1 heterocycles. The van der Waals surface area contributed by atoms with E-state index in [0.717, 1.165) is 30.4 Å². The highest BCUT2D eigenvalue weighted by Crippen LogP contribution is 2.31. The molecule has 10 heteroatoms. The maximum atomic E-state index is 13.2. The van der Waals surface area contributed by atoms with Gasteiger partial charge in [0.25, 0.3) is 0 Å². The lowest BCUT2D eigenvalue weighted by Crippen LogP contribution is -2.36. The van der Waals surface area contributed by atoms with Crippen molar-refractivity contribution < 1.29 is 22.7 Å². The molecule has 1 aliphatic rings. The van der Waals surface area contributed by atoms with Crippen molar-refractivity contribution in [1.82, 2.24) is 9.62 Å². The van der Waals surface area contributed by atoms with Crippen LogP contribution in [0.15, 0.2) is 47.4 Å². The Balaban J connectivity index is 1.81. The van der Waals surface area contributed by atoms with Gasteiger partial charge in [-0.25, -0.2) is 13.2 Å². The summed E-state index contributed by atoms with van der Waals surface area (Å²) in [5.41, 5.74) is 7.34. The third-order valence-corrected chi connectivity index (χ3v) is 7.45. The summed E-state index contributed by atoms with van der Waals surface area (Å²) < 4.78 is 33.1. The lowest BCUT2D eigenvalue weighted by Gasteiger charge is -2.26. The summed E-state index contributed by atoms with van der Waals surface area (Å²) in [7, 11) is -2.36. The van der Waals surface area contributed by atoms with Crippen LogP contribution in [-0.4, -0.2) is 44.9 Å². The predicted molar refractivity (Wildman–Crippen MR) is 125 cm³/mol. The van der Waals surface area contributed by atoms with Crippen LogP contribution in [0.4, 0.5) is 10.5 Å². The van der Waals surface area contributed by atoms with Gasteiger partial charge >= 0.3 is 6.03 Å². The summed E-state index contributed by atoms with van der Waals surface area (Å²) in [4.78, 5) is 24.3. The van der Waals surface area contributed by atoms with E-state index >= 15 is 0 Å². The lowest BCUT2D eigenvalue weighted by molar-refractivity contribution is -0.116. The molecular weight excluding hydrogens is 444 g/mol. The summed E-state index contributed by atoms with van der Waals surface area (Å²) >= 11 is 0. The molecule has 1 atom stereocenters. The highest BCUT2D eigenvalue weighted by molar-refractivity contribution is 7.89. The number of amides is 3. The van der Waals surface area contributed by atoms with Gasteiger partial charge in [-0.1, -0.05) is 36.2 Å². The van der Waals surface area contributed by atoms with E-state index in [9.17, 15) is 18.0 Å². The molecule has 0 radical (unpaired) electrons. The number of rotatable bonds is 8. The molecule has 0 unspecified atom stereocenters. The molecule has 1 aliphatic heterocycles. The fourth-order valence-electron chi connectivity index (χ4n) is 3.91. The van der Waals surface area contributed by atoms with Crippen LogP contribution in [0.1, 0.15) is 42.9 Å². The van der Waals surface area contributed by atoms with Crippen molar-refractivity contribution in [2.24, 2.45) is 5.73 Å². The fraction of sp³-hybridized carbons (Fsp3) is 0.391. The van der Waals surface area contributed by atoms with Crippen LogP contribution in [0, 0.1) is 6.92 Å². The third kappa shape index (κ3) is 6.23. The lowest BCUT2D eigenvalue weighted by atomic mass is 10.0. The number of benzene rings is 2. The third-order valence-electron chi connectivity index (χ3n) is 5.53. The monoisotopic (exact) mass is 474 g/mol. The fourth-order valence-corrected chi connectivity index (χ4v) is 5.61. The van der Waals surface area contributed by atoms with E-state index in [1.807, 2.05) is 25.1 Å². The second-order valence-corrected chi connectivity index (χ2v) is 9.96. The molecule has 33 heavy (non-hydrogen) atoms. The molecule has 1 fully saturated rings. The van der Waals surface area contributed by atoms with Crippen LogP contribution < -0.4 is 21.1 Å². The van der Waals surface area contributed by atoms with Gasteiger partial charge in [-0.2, -0.15) is 4.31 Å². The number of nitrogens with one attached hydrogen (secondary N) is 2. The summed E-state index contributed by atoms with van der Waals surface area (Å²) in [6.45, 7) is 2.82. The van der Waals surface area contributed by atoms with Crippen LogP contribution in [0.2, 0.25) is 0 Å². The average molecular weight is 475 g/mol. The predicted octanol–water partition coefficient (Wildman–Crippen LogP) is 2.92. The zero-order chi connectivity index (χ0) is 24.0. The summed E-state index contributed by atoms with van der Waals surface area (Å²) in [6, 6.07) is 10.5. The molecule has 0 spiro atoms. The highest BCUT2D eigenvalue weighted by Gasteiger charge is 2.29. The number of carbonyl (C=O) groups excluding carboxylic acids is 2. The van der Waals surface area contributed by atoms with Crippen LogP contribution in [0.25, 0.3) is 0 Å². The number of carbonyl (C=O) groups is 2. The number of aryl methyl sites for hydroxylation is 1. The largest absolute Gasteiger partial charge is 0.495 e. The van der Waals surface area contributed by atoms with Crippen molar-refractivity contribution in [1.29, 1.82) is 0 Å². The first-order chi connectivity index (χ1) is 15.7. The number of anilines is 1. The number of nitrogens with zero attached hydrogens (tertiary/aromatic N) is 1. The molecular formula is C23H30N4O5S. The van der Waals surface area contributed by atoms with E-state index in [1.165, 1.54) is 23.5 Å². The van der Waals surface area contributed by atoms with Gasteiger partial charge in [0.1, 0.15) is 10.6 Å². The second-order valence-electron chi connectivity index (χ2n) is 8.06. The van der Waals surface area contributed by atoms with Gasteiger partial charge in [-0.05, 0) is 43.5 Å². The van der Waals surface area contributed by atoms with E-state index < -0.39 is 28.0 Å². The Morgan fingerprint density at radius 3 is 2.48 bits per heavy atom. The molecule has 0 saturated carbocycles. The zero-order valence-corrected chi connectivity index (χ0v) is 19.7. The Kier molecular flexibility index (Phi) is 7.93. The van der Waals surface area contributed by atoms with Crippen molar-refractivity contribution >= 4 is 27.6 Å². The van der Waals surface area contributed by atoms with Gasteiger partial charge in [0.15, 0.2) is 0 Å². The number of piperidine rings is 1. The number of hydrogen-bond acceptors (Lipinski definition) is 5. The summed E-state index contributed by atoms with van der Waals surface area (Å²) in [6.07, 6.45) is 2.55. The molecule has 0 bridgehead atoms. The molecule has 9 nitrogen and oxygen atoms in total. The minimum atomic E-state index is -3.77. The Morgan fingerprint density at radius 2 is 1.85 bits per heavy atom. The number of ether oxygens (including phenoxy) is 1. The topological polar surface area (TPSA) is 131 Å². The minimum absolute atomic E-state index is 0.00944. The standard InChI is InChI=1S/C23H30N4O5S/c1-16-7-6-8-17(13-16)19(26-23(24)29)15-22(28)25-18-9-10-20(32-2)21(14-18)33(30,31)27-11-4-3-5-12-27/h6-10,13-14,19H,3-5,11-12,15H2,1-2H3,(H,25,28)(H3,24,26,29)/t19-/m0/s1. The molecule has 0 aliphatic carbocycles. The molecule has 178 valence electrons. The Labute approximate surface area is 194 Å². The van der Waals surface area contributed by atoms with Gasteiger partial charge in [0, 0.05) is 18.8 Å². The smallest absolute Gasteiger partial charge is 0.312 e. The first-order valence-electron chi connectivity index (χ1n) is 10.8. The Hall–Kier alpha value is -3.11. The minimum Gasteiger partial charge on any atom is -0.495 e. The normalized spacial score (nSPS) is 15.5. The second kappa shape index (κ2) is 10.7. The van der Waals surface area contributed by atoms with E-state index in [2.05, 4.69) is 10.6 Å². The van der Waals surface area contributed by atoms with Crippen LogP contribution in [0.3, 0.4) is 0 Å². The maximum absolute atomic E-state index is 13.2. The van der Waals surface area contributed by atoms with Crippen LogP contribution in [0.5, 0.6) is 5.75 Å². The number of nitrogens with two attached hydrogens (primary N) is 1. The van der Waals surface area contributed by atoms with Gasteiger partial charge in [-0.3, -0.25) is 4.79 Å². The zero-order valence-electron chi connectivity index (χ0n) is 18.8. The SMILES string of the molecule is COc1ccc(NC(=O)C[C@H](NC(N)=O)c2cccc(C)c2)cc1S(=O)(=O)N1CCCCC1. The van der Waals surface area contributed by atoms with Crippen molar-refractivity contribution in [3.8, 4) is 5.75 Å². The summed E-state index contributed by atoms with van der Waals surface area (Å²) in [5, 5.41) is 5.32. The van der Waals surface area contributed by atoms with Gasteiger partial charge in [-0.15, -0.1) is 0 Å². The first kappa shape index (κ1) is 24.5. The first-order valence-corrected chi connectivity index (χ1v) is 12.3. The molecule has 3 rings (SSSR count). The maximum Gasteiger partial charge on any atom is 0.312 e. The van der Waals surface area contributed by atoms with Crippen LogP contribution >= 0.6 is 0 Å². The molecule has 0 aromatic heterocycles. The molecule has 1 saturated heterocycles. The molecule has 3 amide bonds. The summed E-state index contributed by atoms with van der Waals surface area (Å²) in [5.74, 6) is -0.187. The van der Waals surface area contributed by atoms with Crippen LogP contribution in [-0.2, 0) is 14.8 Å². The molecule has 4 N–H and O–H groups in total. The van der Waals surface area contributed by atoms with Crippen molar-refractivity contribution in [2.45, 2.75) is 43.5 Å². The number of urea groups is 1. The van der Waals surface area contributed by atoms with E-state index in [4.69, 9.17) is 10.5 Å². The molecule has 2 aromatic carbocycles. The Morgan fingerprint density at radius 1 is 1.12 bits per heavy atom. The van der Waals surface area contributed by atoms with Crippen molar-refractivity contribution in [3.05, 3.63) is 53.6 Å². The highest BCUT2D eigenvalue weighted by atomic mass is 32.2. The van der Waals surface area contributed by atoms with Gasteiger partial charge in [0.05, 0.1) is 19.6 Å².